The summed E-state index contributed by atoms with van der Waals surface area (Å²) in [5.41, 5.74) is 0. The first kappa shape index (κ1) is 63.6. The zero-order valence-electron chi connectivity index (χ0n) is 44.0. The van der Waals surface area contributed by atoms with Crippen molar-refractivity contribution in [3.05, 3.63) is 12.2 Å². The van der Waals surface area contributed by atoms with Gasteiger partial charge in [-0.3, -0.25) is 9.59 Å². The molecule has 65 heavy (non-hydrogen) atoms. The lowest BCUT2D eigenvalue weighted by Crippen LogP contribution is -2.45. The molecule has 0 aromatic heterocycles. The highest BCUT2D eigenvalue weighted by molar-refractivity contribution is 5.76. The first-order valence-corrected chi connectivity index (χ1v) is 29.4. The molecule has 0 bridgehead atoms. The van der Waals surface area contributed by atoms with Crippen molar-refractivity contribution >= 4 is 11.9 Å². The third kappa shape index (κ3) is 51.8. The largest absolute Gasteiger partial charge is 0.466 e. The van der Waals surface area contributed by atoms with Gasteiger partial charge in [0.05, 0.1) is 25.4 Å². The van der Waals surface area contributed by atoms with Crippen LogP contribution >= 0.6 is 0 Å². The molecule has 6 heteroatoms. The number of rotatable bonds is 55. The van der Waals surface area contributed by atoms with Crippen LogP contribution in [0.5, 0.6) is 0 Å². The summed E-state index contributed by atoms with van der Waals surface area (Å²) in [5.74, 6) is -0.0213. The summed E-state index contributed by atoms with van der Waals surface area (Å²) in [5, 5.41) is 23.1. The predicted octanol–water partition coefficient (Wildman–Crippen LogP) is 18.1. The highest BCUT2D eigenvalue weighted by atomic mass is 16.5. The maximum Gasteiger partial charge on any atom is 0.305 e. The van der Waals surface area contributed by atoms with E-state index in [0.717, 1.165) is 38.5 Å². The maximum absolute atomic E-state index is 12.4. The average Bonchev–Trinajstić information content (AvgIpc) is 3.31. The lowest BCUT2D eigenvalue weighted by atomic mass is 10.0. The van der Waals surface area contributed by atoms with Gasteiger partial charge in [-0.2, -0.15) is 0 Å². The van der Waals surface area contributed by atoms with E-state index in [9.17, 15) is 19.8 Å². The minimum Gasteiger partial charge on any atom is -0.466 e. The molecule has 2 unspecified atom stereocenters. The molecule has 3 N–H and O–H groups in total. The van der Waals surface area contributed by atoms with Gasteiger partial charge in [0.2, 0.25) is 5.91 Å². The van der Waals surface area contributed by atoms with Gasteiger partial charge < -0.3 is 20.3 Å². The van der Waals surface area contributed by atoms with Gasteiger partial charge in [0.25, 0.3) is 0 Å². The summed E-state index contributed by atoms with van der Waals surface area (Å²) >= 11 is 0. The molecule has 1 amide bonds. The van der Waals surface area contributed by atoms with E-state index >= 15 is 0 Å². The van der Waals surface area contributed by atoms with Crippen LogP contribution in [-0.4, -0.2) is 47.4 Å². The number of ether oxygens (including phenoxy) is 1. The Morgan fingerprint density at radius 2 is 0.723 bits per heavy atom. The Labute approximate surface area is 406 Å². The molecular weight excluding hydrogens is 803 g/mol. The molecule has 0 saturated heterocycles. The Morgan fingerprint density at radius 3 is 1.09 bits per heavy atom. The number of aliphatic hydroxyl groups excluding tert-OH is 2. The second kappa shape index (κ2) is 55.2. The van der Waals surface area contributed by atoms with Crippen LogP contribution in [0.1, 0.15) is 328 Å². The number of amides is 1. The second-order valence-electron chi connectivity index (χ2n) is 20.3. The Bertz CT molecular complexity index is 970. The second-order valence-corrected chi connectivity index (χ2v) is 20.3. The van der Waals surface area contributed by atoms with Gasteiger partial charge in [0.15, 0.2) is 0 Å². The average molecular weight is 919 g/mol. The number of nitrogens with one attached hydrogen (secondary N) is 1. The summed E-state index contributed by atoms with van der Waals surface area (Å²) < 4.78 is 5.46. The van der Waals surface area contributed by atoms with Gasteiger partial charge in [-0.25, -0.2) is 0 Å². The lowest BCUT2D eigenvalue weighted by Gasteiger charge is -2.22. The molecule has 0 saturated carbocycles. The summed E-state index contributed by atoms with van der Waals surface area (Å²) in [7, 11) is 0. The van der Waals surface area contributed by atoms with Crippen LogP contribution in [0.3, 0.4) is 0 Å². The third-order valence-corrected chi connectivity index (χ3v) is 13.8. The smallest absolute Gasteiger partial charge is 0.305 e. The van der Waals surface area contributed by atoms with Crippen molar-refractivity contribution < 1.29 is 24.5 Å². The van der Waals surface area contributed by atoms with E-state index in [4.69, 9.17) is 4.74 Å². The monoisotopic (exact) mass is 918 g/mol. The predicted molar refractivity (Wildman–Crippen MR) is 283 cm³/mol. The molecule has 0 rings (SSSR count). The highest BCUT2D eigenvalue weighted by Gasteiger charge is 2.20. The van der Waals surface area contributed by atoms with Crippen molar-refractivity contribution in [1.29, 1.82) is 0 Å². The number of hydrogen-bond acceptors (Lipinski definition) is 5. The van der Waals surface area contributed by atoms with E-state index in [1.165, 1.54) is 257 Å². The van der Waals surface area contributed by atoms with Crippen LogP contribution in [0.4, 0.5) is 0 Å². The molecule has 0 aromatic carbocycles. The SMILES string of the molecule is CCCCCCCCCCCCCC(=O)OCCCCCCCCCCCCCC/C=C\CCCCCCCCCCCCCC(=O)NC(CO)C(O)CCCCCCCCCCCC. The van der Waals surface area contributed by atoms with E-state index in [1.807, 2.05) is 0 Å². The number of allylic oxidation sites excluding steroid dienone is 2. The van der Waals surface area contributed by atoms with Crippen molar-refractivity contribution in [3.8, 4) is 0 Å². The van der Waals surface area contributed by atoms with Gasteiger partial charge in [-0.1, -0.05) is 276 Å². The summed E-state index contributed by atoms with van der Waals surface area (Å²) in [6.07, 6.45) is 65.1. The minimum absolute atomic E-state index is 0.0150. The molecule has 6 nitrogen and oxygen atoms in total. The molecular formula is C59H115NO5. The standard InChI is InChI=1S/C59H115NO5/c1-3-5-7-9-11-13-32-37-41-45-49-53-59(64)65-54-50-46-42-38-34-31-29-27-25-23-21-19-17-15-16-18-20-22-24-26-28-30-33-36-40-44-48-52-58(63)60-56(55-61)57(62)51-47-43-39-35-14-12-10-8-6-4-2/h15-16,56-57,61-62H,3-14,17-55H2,1-2H3,(H,60,63)/b16-15-. The molecule has 386 valence electrons. The van der Waals surface area contributed by atoms with E-state index in [2.05, 4.69) is 31.3 Å². The number of esters is 1. The van der Waals surface area contributed by atoms with Crippen molar-refractivity contribution in [2.24, 2.45) is 0 Å². The number of carbonyl (C=O) groups is 2. The molecule has 0 fully saturated rings. The normalized spacial score (nSPS) is 12.6. The summed E-state index contributed by atoms with van der Waals surface area (Å²) in [6, 6.07) is -0.539. The maximum atomic E-state index is 12.4. The van der Waals surface area contributed by atoms with E-state index < -0.39 is 12.1 Å². The molecule has 0 aliphatic carbocycles. The fourth-order valence-electron chi connectivity index (χ4n) is 9.28. The first-order valence-electron chi connectivity index (χ1n) is 29.4. The van der Waals surface area contributed by atoms with Crippen molar-refractivity contribution in [2.45, 2.75) is 341 Å². The molecule has 0 aromatic rings. The van der Waals surface area contributed by atoms with Crippen molar-refractivity contribution in [2.75, 3.05) is 13.2 Å². The Kier molecular flexibility index (Phi) is 54.0. The van der Waals surface area contributed by atoms with Crippen molar-refractivity contribution in [3.63, 3.8) is 0 Å². The lowest BCUT2D eigenvalue weighted by molar-refractivity contribution is -0.143. The molecule has 0 aliphatic rings. The Balaban J connectivity index is 3.35. The Morgan fingerprint density at radius 1 is 0.415 bits per heavy atom. The van der Waals surface area contributed by atoms with Gasteiger partial charge in [-0.15, -0.1) is 0 Å². The van der Waals surface area contributed by atoms with Gasteiger partial charge >= 0.3 is 5.97 Å². The topological polar surface area (TPSA) is 95.9 Å². The fourth-order valence-corrected chi connectivity index (χ4v) is 9.28. The third-order valence-electron chi connectivity index (χ3n) is 13.8. The number of unbranched alkanes of at least 4 members (excludes halogenated alkanes) is 42. The van der Waals surface area contributed by atoms with Crippen LogP contribution in [0.15, 0.2) is 12.2 Å². The van der Waals surface area contributed by atoms with Crippen LogP contribution in [0.2, 0.25) is 0 Å². The van der Waals surface area contributed by atoms with E-state index in [0.29, 0.717) is 25.9 Å². The molecule has 0 spiro atoms. The van der Waals surface area contributed by atoms with E-state index in [-0.39, 0.29) is 18.5 Å². The van der Waals surface area contributed by atoms with Gasteiger partial charge in [0.1, 0.15) is 0 Å². The zero-order chi connectivity index (χ0) is 47.2. The zero-order valence-corrected chi connectivity index (χ0v) is 44.0. The summed E-state index contributed by atoms with van der Waals surface area (Å²) in [6.45, 7) is 4.95. The minimum atomic E-state index is -0.662. The first-order chi connectivity index (χ1) is 32.0. The highest BCUT2D eigenvalue weighted by Crippen LogP contribution is 2.17. The van der Waals surface area contributed by atoms with Gasteiger partial charge in [0, 0.05) is 12.8 Å². The number of aliphatic hydroxyl groups is 2. The van der Waals surface area contributed by atoms with Crippen LogP contribution < -0.4 is 5.32 Å². The van der Waals surface area contributed by atoms with Crippen LogP contribution in [0.25, 0.3) is 0 Å². The van der Waals surface area contributed by atoms with Crippen LogP contribution in [-0.2, 0) is 14.3 Å². The van der Waals surface area contributed by atoms with Crippen molar-refractivity contribution in [1.82, 2.24) is 5.32 Å². The Hall–Kier alpha value is -1.40. The molecule has 0 heterocycles. The molecule has 0 radical (unpaired) electrons. The fraction of sp³-hybridized carbons (Fsp3) is 0.932. The summed E-state index contributed by atoms with van der Waals surface area (Å²) in [4.78, 5) is 24.4. The van der Waals surface area contributed by atoms with Gasteiger partial charge in [-0.05, 0) is 51.4 Å². The number of hydrogen-bond donors (Lipinski definition) is 3. The quantitative estimate of drug-likeness (QED) is 0.0321. The van der Waals surface area contributed by atoms with Crippen LogP contribution in [0, 0.1) is 0 Å². The molecule has 2 atom stereocenters. The molecule has 0 aliphatic heterocycles. The van der Waals surface area contributed by atoms with E-state index in [1.54, 1.807) is 0 Å². The number of carbonyl (C=O) groups excluding carboxylic acids is 2.